The fourth-order valence-electron chi connectivity index (χ4n) is 2.69. The maximum Gasteiger partial charge on any atom is 0.00218 e. The molecule has 2 nitrogen and oxygen atoms in total. The highest BCUT2D eigenvalue weighted by Gasteiger charge is 2.19. The van der Waals surface area contributed by atoms with Crippen molar-refractivity contribution in [3.63, 3.8) is 0 Å². The van der Waals surface area contributed by atoms with E-state index in [4.69, 9.17) is 0 Å². The molecule has 17 heavy (non-hydrogen) atoms. The molecule has 1 rings (SSSR count). The van der Waals surface area contributed by atoms with Gasteiger partial charge in [0.15, 0.2) is 0 Å². The number of unbranched alkanes of at least 4 members (excludes halogenated alkanes) is 3. The minimum atomic E-state index is 0.634. The van der Waals surface area contributed by atoms with E-state index in [-0.39, 0.29) is 0 Å². The van der Waals surface area contributed by atoms with E-state index in [9.17, 15) is 0 Å². The summed E-state index contributed by atoms with van der Waals surface area (Å²) in [4.78, 5) is 2.69. The Labute approximate surface area is 108 Å². The lowest BCUT2D eigenvalue weighted by Gasteiger charge is -2.33. The Balaban J connectivity index is 2.10. The van der Waals surface area contributed by atoms with Crippen molar-refractivity contribution in [1.29, 1.82) is 0 Å². The molecule has 0 bridgehead atoms. The molecule has 0 aliphatic carbocycles. The first-order chi connectivity index (χ1) is 8.22. The number of nitrogens with one attached hydrogen (secondary N) is 1. The predicted molar refractivity (Wildman–Crippen MR) is 76.4 cm³/mol. The van der Waals surface area contributed by atoms with Gasteiger partial charge in [-0.05, 0) is 44.8 Å². The molecule has 1 atom stereocenters. The van der Waals surface area contributed by atoms with Crippen LogP contribution < -0.4 is 5.32 Å². The number of hydrogen-bond donors (Lipinski definition) is 1. The maximum absolute atomic E-state index is 3.59. The van der Waals surface area contributed by atoms with Crippen LogP contribution in [0.1, 0.15) is 59.3 Å². The molecule has 2 heteroatoms. The van der Waals surface area contributed by atoms with Crippen molar-refractivity contribution in [1.82, 2.24) is 10.2 Å². The van der Waals surface area contributed by atoms with Crippen LogP contribution in [0.2, 0.25) is 0 Å². The summed E-state index contributed by atoms with van der Waals surface area (Å²) >= 11 is 0. The van der Waals surface area contributed by atoms with Gasteiger partial charge in [-0.2, -0.15) is 0 Å². The average molecular weight is 240 g/mol. The van der Waals surface area contributed by atoms with Gasteiger partial charge in [-0.3, -0.25) is 0 Å². The van der Waals surface area contributed by atoms with Gasteiger partial charge >= 0.3 is 0 Å². The lowest BCUT2D eigenvalue weighted by Crippen LogP contribution is -2.41. The van der Waals surface area contributed by atoms with E-state index in [0.717, 1.165) is 5.92 Å². The summed E-state index contributed by atoms with van der Waals surface area (Å²) in [6.45, 7) is 12.0. The highest BCUT2D eigenvalue weighted by Crippen LogP contribution is 2.16. The van der Waals surface area contributed by atoms with Crippen LogP contribution >= 0.6 is 0 Å². The van der Waals surface area contributed by atoms with Crippen molar-refractivity contribution in [3.05, 3.63) is 0 Å². The Morgan fingerprint density at radius 1 is 1.24 bits per heavy atom. The molecule has 0 spiro atoms. The molecule has 0 aromatic rings. The molecule has 0 radical (unpaired) electrons. The molecule has 0 aromatic heterocycles. The van der Waals surface area contributed by atoms with E-state index in [1.54, 1.807) is 0 Å². The summed E-state index contributed by atoms with van der Waals surface area (Å²) < 4.78 is 0. The van der Waals surface area contributed by atoms with Crippen LogP contribution in [0.3, 0.4) is 0 Å². The van der Waals surface area contributed by atoms with Gasteiger partial charge in [-0.1, -0.05) is 40.0 Å². The van der Waals surface area contributed by atoms with Crippen LogP contribution in [0.4, 0.5) is 0 Å². The van der Waals surface area contributed by atoms with Crippen LogP contribution in [0.5, 0.6) is 0 Å². The fourth-order valence-corrected chi connectivity index (χ4v) is 2.69. The first-order valence-corrected chi connectivity index (χ1v) is 7.68. The molecule has 1 heterocycles. The molecule has 1 aliphatic rings. The van der Waals surface area contributed by atoms with Crippen molar-refractivity contribution in [2.24, 2.45) is 5.92 Å². The summed E-state index contributed by atoms with van der Waals surface area (Å²) in [7, 11) is 0. The largest absolute Gasteiger partial charge is 0.314 e. The SMILES string of the molecule is CCCCCCN1CCCC(CNC(C)C)C1. The zero-order valence-corrected chi connectivity index (χ0v) is 12.2. The van der Waals surface area contributed by atoms with Gasteiger partial charge in [-0.15, -0.1) is 0 Å². The minimum Gasteiger partial charge on any atom is -0.314 e. The van der Waals surface area contributed by atoms with E-state index >= 15 is 0 Å². The fraction of sp³-hybridized carbons (Fsp3) is 1.00. The molecular formula is C15H32N2. The number of rotatable bonds is 8. The summed E-state index contributed by atoms with van der Waals surface area (Å²) in [6, 6.07) is 0.634. The molecule has 102 valence electrons. The van der Waals surface area contributed by atoms with Crippen molar-refractivity contribution < 1.29 is 0 Å². The Morgan fingerprint density at radius 2 is 2.06 bits per heavy atom. The lowest BCUT2D eigenvalue weighted by atomic mass is 9.97. The molecule has 0 aromatic carbocycles. The summed E-state index contributed by atoms with van der Waals surface area (Å²) in [5.41, 5.74) is 0. The van der Waals surface area contributed by atoms with E-state index in [2.05, 4.69) is 31.0 Å². The lowest BCUT2D eigenvalue weighted by molar-refractivity contribution is 0.168. The Hall–Kier alpha value is -0.0800. The molecule has 1 N–H and O–H groups in total. The zero-order chi connectivity index (χ0) is 12.5. The second-order valence-electron chi connectivity index (χ2n) is 5.93. The van der Waals surface area contributed by atoms with E-state index in [1.165, 1.54) is 64.7 Å². The third-order valence-electron chi connectivity index (χ3n) is 3.75. The van der Waals surface area contributed by atoms with Gasteiger partial charge in [0.1, 0.15) is 0 Å². The number of likely N-dealkylation sites (tertiary alicyclic amines) is 1. The van der Waals surface area contributed by atoms with Crippen LogP contribution in [0.15, 0.2) is 0 Å². The highest BCUT2D eigenvalue weighted by molar-refractivity contribution is 4.75. The van der Waals surface area contributed by atoms with Crippen LogP contribution in [-0.2, 0) is 0 Å². The normalized spacial score (nSPS) is 22.2. The van der Waals surface area contributed by atoms with Gasteiger partial charge < -0.3 is 10.2 Å². The zero-order valence-electron chi connectivity index (χ0n) is 12.2. The monoisotopic (exact) mass is 240 g/mol. The minimum absolute atomic E-state index is 0.634. The molecule has 0 amide bonds. The topological polar surface area (TPSA) is 15.3 Å². The van der Waals surface area contributed by atoms with Crippen molar-refractivity contribution >= 4 is 0 Å². The van der Waals surface area contributed by atoms with E-state index in [0.29, 0.717) is 6.04 Å². The van der Waals surface area contributed by atoms with Crippen molar-refractivity contribution in [2.45, 2.75) is 65.3 Å². The van der Waals surface area contributed by atoms with Crippen LogP contribution in [0.25, 0.3) is 0 Å². The Kier molecular flexibility index (Phi) is 7.87. The van der Waals surface area contributed by atoms with E-state index < -0.39 is 0 Å². The first kappa shape index (κ1) is 15.0. The van der Waals surface area contributed by atoms with Crippen molar-refractivity contribution in [3.8, 4) is 0 Å². The number of piperidine rings is 1. The molecule has 1 saturated heterocycles. The first-order valence-electron chi connectivity index (χ1n) is 7.68. The summed E-state index contributed by atoms with van der Waals surface area (Å²) in [5.74, 6) is 0.886. The maximum atomic E-state index is 3.59. The quantitative estimate of drug-likeness (QED) is 0.655. The van der Waals surface area contributed by atoms with Gasteiger partial charge in [0.05, 0.1) is 0 Å². The average Bonchev–Trinajstić information content (AvgIpc) is 2.33. The van der Waals surface area contributed by atoms with Gasteiger partial charge in [-0.25, -0.2) is 0 Å². The third kappa shape index (κ3) is 7.05. The number of nitrogens with zero attached hydrogens (tertiary/aromatic N) is 1. The highest BCUT2D eigenvalue weighted by atomic mass is 15.1. The smallest absolute Gasteiger partial charge is 0.00218 e. The molecule has 1 unspecified atom stereocenters. The van der Waals surface area contributed by atoms with Gasteiger partial charge in [0.25, 0.3) is 0 Å². The van der Waals surface area contributed by atoms with Gasteiger partial charge in [0, 0.05) is 12.6 Å². The summed E-state index contributed by atoms with van der Waals surface area (Å²) in [5, 5.41) is 3.59. The number of hydrogen-bond acceptors (Lipinski definition) is 2. The summed E-state index contributed by atoms with van der Waals surface area (Å²) in [6.07, 6.45) is 8.40. The molecule has 1 aliphatic heterocycles. The second kappa shape index (κ2) is 8.93. The second-order valence-corrected chi connectivity index (χ2v) is 5.93. The molecule has 1 fully saturated rings. The van der Waals surface area contributed by atoms with Crippen molar-refractivity contribution in [2.75, 3.05) is 26.2 Å². The predicted octanol–water partition coefficient (Wildman–Crippen LogP) is 3.28. The molecular weight excluding hydrogens is 208 g/mol. The Morgan fingerprint density at radius 3 is 2.76 bits per heavy atom. The van der Waals surface area contributed by atoms with Crippen LogP contribution in [0, 0.1) is 5.92 Å². The van der Waals surface area contributed by atoms with Gasteiger partial charge in [0.2, 0.25) is 0 Å². The Bertz CT molecular complexity index is 180. The molecule has 0 saturated carbocycles. The standard InChI is InChI=1S/C15H32N2/c1-4-5-6-7-10-17-11-8-9-15(13-17)12-16-14(2)3/h14-16H,4-13H2,1-3H3. The third-order valence-corrected chi connectivity index (χ3v) is 3.75. The van der Waals surface area contributed by atoms with E-state index in [1.807, 2.05) is 0 Å². The van der Waals surface area contributed by atoms with Crippen LogP contribution in [-0.4, -0.2) is 37.1 Å².